The first-order valence-corrected chi connectivity index (χ1v) is 8.59. The highest BCUT2D eigenvalue weighted by atomic mass is 16.5. The molecule has 1 aliphatic rings. The highest BCUT2D eigenvalue weighted by molar-refractivity contribution is 5.97. The number of H-pyrrole nitrogens is 1. The predicted molar refractivity (Wildman–Crippen MR) is 94.2 cm³/mol. The van der Waals surface area contributed by atoms with Gasteiger partial charge in [-0.3, -0.25) is 4.79 Å². The lowest BCUT2D eigenvalue weighted by molar-refractivity contribution is -0.129. The number of hydrogen-bond donors (Lipinski definition) is 1. The number of hydrogen-bond acceptors (Lipinski definition) is 3. The number of aromatic nitrogens is 1. The van der Waals surface area contributed by atoms with Crippen molar-refractivity contribution >= 4 is 22.7 Å². The number of fused-ring (bicyclic) bond motifs is 3. The molecule has 0 saturated carbocycles. The zero-order chi connectivity index (χ0) is 17.5. The highest BCUT2D eigenvalue weighted by Crippen LogP contribution is 2.32. The maximum atomic E-state index is 12.3. The first-order valence-electron chi connectivity index (χ1n) is 8.59. The van der Waals surface area contributed by atoms with Crippen LogP contribution in [0.3, 0.4) is 0 Å². The van der Waals surface area contributed by atoms with Crippen LogP contribution in [0.2, 0.25) is 0 Å². The lowest BCUT2D eigenvalue weighted by Gasteiger charge is -2.18. The second-order valence-corrected chi connectivity index (χ2v) is 7.94. The van der Waals surface area contributed by atoms with E-state index in [1.807, 2.05) is 32.9 Å². The van der Waals surface area contributed by atoms with Gasteiger partial charge in [0.25, 0.3) is 0 Å². The van der Waals surface area contributed by atoms with E-state index in [4.69, 9.17) is 4.74 Å². The topological polar surface area (TPSA) is 59.2 Å². The second kappa shape index (κ2) is 6.08. The largest absolute Gasteiger partial charge is 0.454 e. The molecule has 0 fully saturated rings. The van der Waals surface area contributed by atoms with Crippen molar-refractivity contribution in [1.82, 2.24) is 4.98 Å². The molecule has 2 aromatic rings. The SMILES string of the molecule is C[C@H]1CCc2[nH]c3ccc(C(=O)OCC(=O)C(C)(C)C)cc3c2C1. The number of ether oxygens (including phenoxy) is 1. The van der Waals surface area contributed by atoms with Gasteiger partial charge >= 0.3 is 5.97 Å². The Balaban J connectivity index is 1.81. The van der Waals surface area contributed by atoms with Gasteiger partial charge in [-0.25, -0.2) is 4.79 Å². The Hall–Kier alpha value is -2.10. The third-order valence-electron chi connectivity index (χ3n) is 4.84. The van der Waals surface area contributed by atoms with Gasteiger partial charge in [0.05, 0.1) is 5.56 Å². The number of nitrogens with one attached hydrogen (secondary N) is 1. The number of esters is 1. The fraction of sp³-hybridized carbons (Fsp3) is 0.500. The molecular weight excluding hydrogens is 302 g/mol. The molecule has 0 saturated heterocycles. The van der Waals surface area contributed by atoms with Crippen molar-refractivity contribution in [3.63, 3.8) is 0 Å². The van der Waals surface area contributed by atoms with Crippen LogP contribution in [-0.2, 0) is 22.4 Å². The molecule has 1 aromatic carbocycles. The Kier molecular flexibility index (Phi) is 4.24. The molecule has 1 atom stereocenters. The minimum atomic E-state index is -0.500. The molecule has 3 rings (SSSR count). The van der Waals surface area contributed by atoms with Crippen LogP contribution in [-0.4, -0.2) is 23.3 Å². The Morgan fingerprint density at radius 3 is 2.75 bits per heavy atom. The van der Waals surface area contributed by atoms with Crippen molar-refractivity contribution in [2.24, 2.45) is 11.3 Å². The number of ketones is 1. The molecule has 0 bridgehead atoms. The number of carbonyl (C=O) groups is 2. The van der Waals surface area contributed by atoms with Gasteiger partial charge in [-0.05, 0) is 48.9 Å². The number of aromatic amines is 1. The summed E-state index contributed by atoms with van der Waals surface area (Å²) in [6.07, 6.45) is 3.30. The van der Waals surface area contributed by atoms with Crippen LogP contribution in [0.1, 0.15) is 55.7 Å². The molecule has 128 valence electrons. The molecule has 1 N–H and O–H groups in total. The molecule has 0 aliphatic heterocycles. The van der Waals surface area contributed by atoms with E-state index in [1.54, 1.807) is 6.07 Å². The standard InChI is InChI=1S/C20H25NO3/c1-12-5-7-16-14(9-12)15-10-13(6-8-17(15)21-16)19(23)24-11-18(22)20(2,3)4/h6,8,10,12,21H,5,7,9,11H2,1-4H3/t12-/m0/s1. The summed E-state index contributed by atoms with van der Waals surface area (Å²) in [7, 11) is 0. The lowest BCUT2D eigenvalue weighted by atomic mass is 9.87. The zero-order valence-corrected chi connectivity index (χ0v) is 14.9. The lowest BCUT2D eigenvalue weighted by Crippen LogP contribution is -2.26. The van der Waals surface area contributed by atoms with E-state index in [1.165, 1.54) is 17.7 Å². The predicted octanol–water partition coefficient (Wildman–Crippen LogP) is 4.06. The molecule has 0 radical (unpaired) electrons. The maximum Gasteiger partial charge on any atom is 0.338 e. The molecule has 4 heteroatoms. The Morgan fingerprint density at radius 2 is 2.04 bits per heavy atom. The van der Waals surface area contributed by atoms with Gasteiger partial charge in [0.2, 0.25) is 0 Å². The Morgan fingerprint density at radius 1 is 1.29 bits per heavy atom. The van der Waals surface area contributed by atoms with Gasteiger partial charge in [0, 0.05) is 22.0 Å². The van der Waals surface area contributed by atoms with Crippen LogP contribution < -0.4 is 0 Å². The fourth-order valence-electron chi connectivity index (χ4n) is 3.15. The third kappa shape index (κ3) is 3.23. The maximum absolute atomic E-state index is 12.3. The normalized spacial score (nSPS) is 17.6. The van der Waals surface area contributed by atoms with Gasteiger partial charge < -0.3 is 9.72 Å². The van der Waals surface area contributed by atoms with E-state index in [2.05, 4.69) is 11.9 Å². The Labute approximate surface area is 142 Å². The zero-order valence-electron chi connectivity index (χ0n) is 14.9. The van der Waals surface area contributed by atoms with Crippen molar-refractivity contribution in [3.05, 3.63) is 35.0 Å². The molecule has 1 heterocycles. The molecule has 0 amide bonds. The highest BCUT2D eigenvalue weighted by Gasteiger charge is 2.24. The van der Waals surface area contributed by atoms with E-state index < -0.39 is 11.4 Å². The fourth-order valence-corrected chi connectivity index (χ4v) is 3.15. The van der Waals surface area contributed by atoms with Crippen molar-refractivity contribution in [2.75, 3.05) is 6.61 Å². The summed E-state index contributed by atoms with van der Waals surface area (Å²) < 4.78 is 5.21. The van der Waals surface area contributed by atoms with Crippen LogP contribution in [0.5, 0.6) is 0 Å². The summed E-state index contributed by atoms with van der Waals surface area (Å²) in [6, 6.07) is 5.59. The summed E-state index contributed by atoms with van der Waals surface area (Å²) in [6.45, 7) is 7.55. The number of carbonyl (C=O) groups excluding carboxylic acids is 2. The summed E-state index contributed by atoms with van der Waals surface area (Å²) >= 11 is 0. The van der Waals surface area contributed by atoms with Crippen molar-refractivity contribution in [2.45, 2.75) is 47.0 Å². The molecule has 24 heavy (non-hydrogen) atoms. The van der Waals surface area contributed by atoms with Crippen LogP contribution >= 0.6 is 0 Å². The smallest absolute Gasteiger partial charge is 0.338 e. The Bertz CT molecular complexity index is 795. The number of Topliss-reactive ketones (excluding diaryl/α,β-unsaturated/α-hetero) is 1. The molecule has 1 aliphatic carbocycles. The van der Waals surface area contributed by atoms with E-state index >= 15 is 0 Å². The van der Waals surface area contributed by atoms with E-state index in [-0.39, 0.29) is 12.4 Å². The van der Waals surface area contributed by atoms with Gasteiger partial charge in [0.1, 0.15) is 0 Å². The van der Waals surface area contributed by atoms with Gasteiger partial charge in [-0.2, -0.15) is 0 Å². The second-order valence-electron chi connectivity index (χ2n) is 7.94. The molecule has 0 spiro atoms. The molecule has 1 aromatic heterocycles. The van der Waals surface area contributed by atoms with Gasteiger partial charge in [-0.1, -0.05) is 27.7 Å². The quantitative estimate of drug-likeness (QED) is 0.865. The first-order chi connectivity index (χ1) is 11.3. The average molecular weight is 327 g/mol. The van der Waals surface area contributed by atoms with Crippen molar-refractivity contribution in [1.29, 1.82) is 0 Å². The van der Waals surface area contributed by atoms with Crippen molar-refractivity contribution in [3.8, 4) is 0 Å². The minimum absolute atomic E-state index is 0.0789. The number of rotatable bonds is 3. The first kappa shape index (κ1) is 16.7. The summed E-state index contributed by atoms with van der Waals surface area (Å²) in [5.74, 6) is 0.148. The summed E-state index contributed by atoms with van der Waals surface area (Å²) in [4.78, 5) is 27.7. The van der Waals surface area contributed by atoms with Gasteiger partial charge in [0.15, 0.2) is 12.4 Å². The van der Waals surface area contributed by atoms with Crippen LogP contribution in [0, 0.1) is 11.3 Å². The van der Waals surface area contributed by atoms with Crippen LogP contribution in [0.15, 0.2) is 18.2 Å². The van der Waals surface area contributed by atoms with Crippen molar-refractivity contribution < 1.29 is 14.3 Å². The molecule has 4 nitrogen and oxygen atoms in total. The number of benzene rings is 1. The van der Waals surface area contributed by atoms with E-state index in [0.29, 0.717) is 11.5 Å². The molecule has 0 unspecified atom stereocenters. The molecular formula is C20H25NO3. The third-order valence-corrected chi connectivity index (χ3v) is 4.84. The monoisotopic (exact) mass is 327 g/mol. The van der Waals surface area contributed by atoms with Crippen LogP contribution in [0.4, 0.5) is 0 Å². The average Bonchev–Trinajstić information content (AvgIpc) is 2.88. The van der Waals surface area contributed by atoms with Crippen LogP contribution in [0.25, 0.3) is 10.9 Å². The van der Waals surface area contributed by atoms with Gasteiger partial charge in [-0.15, -0.1) is 0 Å². The summed E-state index contributed by atoms with van der Waals surface area (Å²) in [5.41, 5.74) is 3.68. The van der Waals surface area contributed by atoms with E-state index in [9.17, 15) is 9.59 Å². The number of aryl methyl sites for hydroxylation is 1. The van der Waals surface area contributed by atoms with E-state index in [0.717, 1.165) is 23.7 Å². The summed E-state index contributed by atoms with van der Waals surface area (Å²) in [5, 5.41) is 1.10. The minimum Gasteiger partial charge on any atom is -0.454 e.